The molecule has 0 fully saturated rings. The van der Waals surface area contributed by atoms with Gasteiger partial charge in [-0.1, -0.05) is 34.9 Å². The van der Waals surface area contributed by atoms with E-state index in [2.05, 4.69) is 45.9 Å². The number of rotatable bonds is 9. The van der Waals surface area contributed by atoms with Crippen molar-refractivity contribution in [2.24, 2.45) is 0 Å². The number of anilines is 1. The molecule has 1 aromatic carbocycles. The van der Waals surface area contributed by atoms with Gasteiger partial charge in [-0.05, 0) is 90.8 Å². The van der Waals surface area contributed by atoms with Crippen LogP contribution in [0.1, 0.15) is 76.7 Å². The Morgan fingerprint density at radius 1 is 0.968 bits per heavy atom. The standard InChI is InChI=1S/C27H37NO3/c1-17(2)10-7-11-18(3)12-8-13-19(4)14-9-15-24-25(28)26(30)22-16-23(29)20(5)21(6)27(22)31-24/h10,12,14,16,29H,7-9,11,13,15,28H2,1-6H3/b18-12+,19-14+. The van der Waals surface area contributed by atoms with E-state index < -0.39 is 0 Å². The Labute approximate surface area is 186 Å². The third-order valence-corrected chi connectivity index (χ3v) is 5.81. The summed E-state index contributed by atoms with van der Waals surface area (Å²) in [6.45, 7) is 12.3. The summed E-state index contributed by atoms with van der Waals surface area (Å²) in [5.41, 5.74) is 12.1. The first-order valence-corrected chi connectivity index (χ1v) is 11.1. The highest BCUT2D eigenvalue weighted by Crippen LogP contribution is 2.29. The number of hydrogen-bond donors (Lipinski definition) is 2. The SMILES string of the molecule is CC(C)=CCC/C(C)=C/CC/C(C)=C/CCc1oc2c(C)c(C)c(O)cc2c(=O)c1N. The monoisotopic (exact) mass is 423 g/mol. The number of phenolic OH excluding ortho intramolecular Hbond substituents is 1. The van der Waals surface area contributed by atoms with Gasteiger partial charge in [0.05, 0.1) is 5.39 Å². The number of hydrogen-bond acceptors (Lipinski definition) is 4. The predicted molar refractivity (Wildman–Crippen MR) is 132 cm³/mol. The zero-order chi connectivity index (χ0) is 23.1. The number of phenols is 1. The minimum atomic E-state index is -0.274. The van der Waals surface area contributed by atoms with Crippen LogP contribution in [0.5, 0.6) is 5.75 Å². The van der Waals surface area contributed by atoms with E-state index in [0.717, 1.165) is 37.7 Å². The Kier molecular flexibility index (Phi) is 8.73. The first-order valence-electron chi connectivity index (χ1n) is 11.1. The van der Waals surface area contributed by atoms with Gasteiger partial charge in [0.15, 0.2) is 0 Å². The second-order valence-corrected chi connectivity index (χ2v) is 8.79. The normalized spacial score (nSPS) is 12.5. The molecule has 168 valence electrons. The average Bonchev–Trinajstić information content (AvgIpc) is 2.70. The van der Waals surface area contributed by atoms with Gasteiger partial charge in [0.2, 0.25) is 5.43 Å². The number of fused-ring (bicyclic) bond motifs is 1. The van der Waals surface area contributed by atoms with Crippen molar-refractivity contribution in [3.63, 3.8) is 0 Å². The summed E-state index contributed by atoms with van der Waals surface area (Å²) in [4.78, 5) is 12.7. The van der Waals surface area contributed by atoms with Gasteiger partial charge in [0.25, 0.3) is 0 Å². The Morgan fingerprint density at radius 2 is 1.55 bits per heavy atom. The summed E-state index contributed by atoms with van der Waals surface area (Å²) in [7, 11) is 0. The first kappa shape index (κ1) is 24.5. The van der Waals surface area contributed by atoms with Crippen LogP contribution < -0.4 is 11.2 Å². The van der Waals surface area contributed by atoms with E-state index >= 15 is 0 Å². The molecule has 3 N–H and O–H groups in total. The third-order valence-electron chi connectivity index (χ3n) is 5.81. The van der Waals surface area contributed by atoms with E-state index in [4.69, 9.17) is 10.2 Å². The van der Waals surface area contributed by atoms with Crippen molar-refractivity contribution in [3.8, 4) is 5.75 Å². The molecule has 0 unspecified atom stereocenters. The van der Waals surface area contributed by atoms with Crippen molar-refractivity contribution in [3.05, 3.63) is 68.1 Å². The lowest BCUT2D eigenvalue weighted by Crippen LogP contribution is -2.12. The maximum absolute atomic E-state index is 12.7. The molecular weight excluding hydrogens is 386 g/mol. The van der Waals surface area contributed by atoms with Crippen LogP contribution in [0.25, 0.3) is 11.0 Å². The van der Waals surface area contributed by atoms with Gasteiger partial charge in [-0.3, -0.25) is 4.79 Å². The molecule has 2 aromatic rings. The second-order valence-electron chi connectivity index (χ2n) is 8.79. The van der Waals surface area contributed by atoms with Gasteiger partial charge in [-0.25, -0.2) is 0 Å². The fourth-order valence-corrected chi connectivity index (χ4v) is 3.60. The molecule has 0 aliphatic carbocycles. The van der Waals surface area contributed by atoms with Crippen LogP contribution in [0, 0.1) is 13.8 Å². The van der Waals surface area contributed by atoms with Crippen molar-refractivity contribution in [2.45, 2.75) is 80.1 Å². The molecular formula is C27H37NO3. The zero-order valence-electron chi connectivity index (χ0n) is 19.9. The Balaban J connectivity index is 2.01. The molecule has 0 spiro atoms. The quantitative estimate of drug-likeness (QED) is 0.424. The molecule has 0 amide bonds. The van der Waals surface area contributed by atoms with Gasteiger partial charge in [-0.2, -0.15) is 0 Å². The van der Waals surface area contributed by atoms with Gasteiger partial charge in [0, 0.05) is 6.42 Å². The average molecular weight is 424 g/mol. The summed E-state index contributed by atoms with van der Waals surface area (Å²) >= 11 is 0. The summed E-state index contributed by atoms with van der Waals surface area (Å²) in [5.74, 6) is 0.606. The minimum absolute atomic E-state index is 0.0873. The predicted octanol–water partition coefficient (Wildman–Crippen LogP) is 7.05. The summed E-state index contributed by atoms with van der Waals surface area (Å²) in [6.07, 6.45) is 12.4. The molecule has 0 radical (unpaired) electrons. The van der Waals surface area contributed by atoms with E-state index in [1.165, 1.54) is 22.8 Å². The van der Waals surface area contributed by atoms with Crippen molar-refractivity contribution in [2.75, 3.05) is 5.73 Å². The van der Waals surface area contributed by atoms with Gasteiger partial charge >= 0.3 is 0 Å². The van der Waals surface area contributed by atoms with Crippen LogP contribution in [0.15, 0.2) is 50.2 Å². The molecule has 0 aliphatic rings. The highest BCUT2D eigenvalue weighted by Gasteiger charge is 2.16. The Morgan fingerprint density at radius 3 is 2.16 bits per heavy atom. The molecule has 0 saturated heterocycles. The molecule has 0 bridgehead atoms. The lowest BCUT2D eigenvalue weighted by molar-refractivity contribution is 0.469. The number of allylic oxidation sites excluding steroid dienone is 6. The number of aryl methyl sites for hydroxylation is 2. The van der Waals surface area contributed by atoms with Crippen molar-refractivity contribution in [1.29, 1.82) is 0 Å². The minimum Gasteiger partial charge on any atom is -0.508 e. The lowest BCUT2D eigenvalue weighted by atomic mass is 10.0. The smallest absolute Gasteiger partial charge is 0.216 e. The summed E-state index contributed by atoms with van der Waals surface area (Å²) < 4.78 is 6.01. The maximum atomic E-state index is 12.7. The third kappa shape index (κ3) is 6.61. The van der Waals surface area contributed by atoms with Crippen LogP contribution in [0.3, 0.4) is 0 Å². The number of aromatic hydroxyl groups is 1. The molecule has 31 heavy (non-hydrogen) atoms. The van der Waals surface area contributed by atoms with Crippen LogP contribution in [-0.4, -0.2) is 5.11 Å². The number of nitrogen functional groups attached to an aromatic ring is 1. The molecule has 4 heteroatoms. The van der Waals surface area contributed by atoms with Crippen molar-refractivity contribution >= 4 is 16.7 Å². The highest BCUT2D eigenvalue weighted by atomic mass is 16.3. The molecule has 0 aliphatic heterocycles. The lowest BCUT2D eigenvalue weighted by Gasteiger charge is -2.11. The van der Waals surface area contributed by atoms with Gasteiger partial charge < -0.3 is 15.3 Å². The number of benzene rings is 1. The van der Waals surface area contributed by atoms with Crippen LogP contribution in [-0.2, 0) is 6.42 Å². The van der Waals surface area contributed by atoms with E-state index in [9.17, 15) is 9.90 Å². The van der Waals surface area contributed by atoms with E-state index in [1.54, 1.807) is 0 Å². The molecule has 1 aromatic heterocycles. The molecule has 4 nitrogen and oxygen atoms in total. The highest BCUT2D eigenvalue weighted by molar-refractivity contribution is 5.85. The van der Waals surface area contributed by atoms with Gasteiger partial charge in [-0.15, -0.1) is 0 Å². The molecule has 0 atom stereocenters. The van der Waals surface area contributed by atoms with Gasteiger partial charge in [0.1, 0.15) is 22.8 Å². The van der Waals surface area contributed by atoms with Crippen LogP contribution in [0.2, 0.25) is 0 Å². The van der Waals surface area contributed by atoms with Crippen molar-refractivity contribution in [1.82, 2.24) is 0 Å². The second kappa shape index (κ2) is 11.0. The zero-order valence-corrected chi connectivity index (χ0v) is 19.9. The fourth-order valence-electron chi connectivity index (χ4n) is 3.60. The fraction of sp³-hybridized carbons (Fsp3) is 0.444. The summed E-state index contributed by atoms with van der Waals surface area (Å²) in [6, 6.07) is 1.45. The Bertz CT molecular complexity index is 1080. The van der Waals surface area contributed by atoms with E-state index in [1.807, 2.05) is 13.8 Å². The maximum Gasteiger partial charge on any atom is 0.216 e. The summed E-state index contributed by atoms with van der Waals surface area (Å²) in [5, 5.41) is 10.4. The first-order chi connectivity index (χ1) is 14.6. The van der Waals surface area contributed by atoms with E-state index in [-0.39, 0.29) is 16.9 Å². The Hall–Kier alpha value is -2.75. The largest absolute Gasteiger partial charge is 0.508 e. The van der Waals surface area contributed by atoms with Crippen LogP contribution in [0.4, 0.5) is 5.69 Å². The van der Waals surface area contributed by atoms with E-state index in [0.29, 0.717) is 28.7 Å². The number of nitrogens with two attached hydrogens (primary N) is 1. The molecule has 2 rings (SSSR count). The molecule has 1 heterocycles. The van der Waals surface area contributed by atoms with Crippen molar-refractivity contribution < 1.29 is 9.52 Å². The molecule has 0 saturated carbocycles. The van der Waals surface area contributed by atoms with Crippen LogP contribution >= 0.6 is 0 Å². The topological polar surface area (TPSA) is 76.5 Å².